The van der Waals surface area contributed by atoms with E-state index in [4.69, 9.17) is 14.2 Å². The van der Waals surface area contributed by atoms with Gasteiger partial charge in [-0.05, 0) is 26.7 Å². The van der Waals surface area contributed by atoms with Gasteiger partial charge in [0.05, 0.1) is 12.2 Å². The van der Waals surface area contributed by atoms with Crippen LogP contribution in [0.25, 0.3) is 0 Å². The lowest BCUT2D eigenvalue weighted by molar-refractivity contribution is -0.153. The van der Waals surface area contributed by atoms with Gasteiger partial charge in [0.2, 0.25) is 0 Å². The maximum absolute atomic E-state index is 12.4. The normalized spacial score (nSPS) is 34.2. The van der Waals surface area contributed by atoms with Gasteiger partial charge in [-0.25, -0.2) is 0 Å². The third-order valence-electron chi connectivity index (χ3n) is 4.03. The second-order valence-electron chi connectivity index (χ2n) is 5.60. The number of carbonyl (C=O) groups is 1. The summed E-state index contributed by atoms with van der Waals surface area (Å²) in [4.78, 5) is 12.4. The summed E-state index contributed by atoms with van der Waals surface area (Å²) in [5.74, 6) is 0.231. The van der Waals surface area contributed by atoms with Crippen molar-refractivity contribution in [2.45, 2.75) is 44.3 Å². The average molecular weight is 242 g/mol. The van der Waals surface area contributed by atoms with Crippen LogP contribution in [0.1, 0.15) is 33.1 Å². The van der Waals surface area contributed by atoms with Crippen LogP contribution in [0.4, 0.5) is 0 Å². The molecule has 17 heavy (non-hydrogen) atoms. The van der Waals surface area contributed by atoms with Crippen LogP contribution in [0.15, 0.2) is 0 Å². The third kappa shape index (κ3) is 2.54. The second-order valence-corrected chi connectivity index (χ2v) is 5.60. The molecule has 2 atom stereocenters. The van der Waals surface area contributed by atoms with E-state index in [2.05, 4.69) is 0 Å². The summed E-state index contributed by atoms with van der Waals surface area (Å²) in [6, 6.07) is 0. The number of Topliss-reactive ketones (excluding diaryl/α,β-unsaturated/α-hetero) is 1. The Kier molecular flexibility index (Phi) is 3.57. The fourth-order valence-corrected chi connectivity index (χ4v) is 2.71. The van der Waals surface area contributed by atoms with Gasteiger partial charge < -0.3 is 14.2 Å². The number of hydrogen-bond acceptors (Lipinski definition) is 4. The molecule has 0 N–H and O–H groups in total. The van der Waals surface area contributed by atoms with Gasteiger partial charge in [-0.1, -0.05) is 0 Å². The molecule has 0 saturated carbocycles. The van der Waals surface area contributed by atoms with E-state index in [0.717, 1.165) is 25.9 Å². The van der Waals surface area contributed by atoms with Crippen molar-refractivity contribution in [1.82, 2.24) is 0 Å². The van der Waals surface area contributed by atoms with Crippen molar-refractivity contribution in [3.63, 3.8) is 0 Å². The standard InChI is InChI=1S/C13H22O4/c1-12(2,15-3)11(14)10-4-6-17-13(8-10)5-7-16-9-13/h10H,4-9H2,1-3H3. The number of carbonyl (C=O) groups excluding carboxylic acids is 1. The molecule has 1 spiro atoms. The Morgan fingerprint density at radius 3 is 2.76 bits per heavy atom. The molecule has 2 aliphatic rings. The smallest absolute Gasteiger partial charge is 0.167 e. The molecule has 2 heterocycles. The van der Waals surface area contributed by atoms with E-state index in [1.54, 1.807) is 7.11 Å². The van der Waals surface area contributed by atoms with Crippen molar-refractivity contribution in [1.29, 1.82) is 0 Å². The Morgan fingerprint density at radius 2 is 2.18 bits per heavy atom. The van der Waals surface area contributed by atoms with Crippen LogP contribution in [0.2, 0.25) is 0 Å². The molecule has 2 rings (SSSR count). The van der Waals surface area contributed by atoms with E-state index in [-0.39, 0.29) is 17.3 Å². The van der Waals surface area contributed by atoms with Gasteiger partial charge in [0, 0.05) is 32.7 Å². The summed E-state index contributed by atoms with van der Waals surface area (Å²) >= 11 is 0. The van der Waals surface area contributed by atoms with Crippen LogP contribution in [-0.4, -0.2) is 43.9 Å². The highest BCUT2D eigenvalue weighted by Gasteiger charge is 2.45. The lowest BCUT2D eigenvalue weighted by Gasteiger charge is -2.38. The molecule has 2 saturated heterocycles. The quantitative estimate of drug-likeness (QED) is 0.753. The first-order valence-electron chi connectivity index (χ1n) is 6.30. The molecule has 98 valence electrons. The number of ether oxygens (including phenoxy) is 3. The van der Waals surface area contributed by atoms with Crippen molar-refractivity contribution in [2.24, 2.45) is 5.92 Å². The van der Waals surface area contributed by atoms with E-state index in [0.29, 0.717) is 13.2 Å². The number of rotatable bonds is 3. The summed E-state index contributed by atoms with van der Waals surface area (Å²) in [5.41, 5.74) is -0.898. The highest BCUT2D eigenvalue weighted by molar-refractivity contribution is 5.88. The molecule has 2 aliphatic heterocycles. The Morgan fingerprint density at radius 1 is 1.41 bits per heavy atom. The fraction of sp³-hybridized carbons (Fsp3) is 0.923. The zero-order valence-corrected chi connectivity index (χ0v) is 11.0. The molecule has 0 aromatic carbocycles. The minimum Gasteiger partial charge on any atom is -0.378 e. The Bertz CT molecular complexity index is 292. The largest absolute Gasteiger partial charge is 0.378 e. The molecular formula is C13H22O4. The van der Waals surface area contributed by atoms with E-state index < -0.39 is 5.60 Å². The first kappa shape index (κ1) is 13.0. The van der Waals surface area contributed by atoms with Crippen molar-refractivity contribution in [3.8, 4) is 0 Å². The monoisotopic (exact) mass is 242 g/mol. The highest BCUT2D eigenvalue weighted by atomic mass is 16.6. The predicted octanol–water partition coefficient (Wildman–Crippen LogP) is 1.57. The zero-order chi connectivity index (χ0) is 12.5. The van der Waals surface area contributed by atoms with Gasteiger partial charge in [0.15, 0.2) is 5.78 Å². The molecule has 0 aromatic heterocycles. The van der Waals surface area contributed by atoms with E-state index >= 15 is 0 Å². The van der Waals surface area contributed by atoms with Crippen LogP contribution < -0.4 is 0 Å². The molecule has 0 radical (unpaired) electrons. The lowest BCUT2D eigenvalue weighted by Crippen LogP contribution is -2.47. The fourth-order valence-electron chi connectivity index (χ4n) is 2.71. The lowest BCUT2D eigenvalue weighted by atomic mass is 9.79. The van der Waals surface area contributed by atoms with Crippen LogP contribution in [-0.2, 0) is 19.0 Å². The van der Waals surface area contributed by atoms with E-state index in [1.807, 2.05) is 13.8 Å². The molecular weight excluding hydrogens is 220 g/mol. The van der Waals surface area contributed by atoms with Gasteiger partial charge in [-0.3, -0.25) is 4.79 Å². The summed E-state index contributed by atoms with van der Waals surface area (Å²) < 4.78 is 16.5. The average Bonchev–Trinajstić information content (AvgIpc) is 2.76. The van der Waals surface area contributed by atoms with E-state index in [1.165, 1.54) is 0 Å². The van der Waals surface area contributed by atoms with Crippen molar-refractivity contribution in [2.75, 3.05) is 26.9 Å². The number of hydrogen-bond donors (Lipinski definition) is 0. The van der Waals surface area contributed by atoms with Crippen LogP contribution in [0.3, 0.4) is 0 Å². The van der Waals surface area contributed by atoms with Gasteiger partial charge in [-0.15, -0.1) is 0 Å². The van der Waals surface area contributed by atoms with Gasteiger partial charge in [0.1, 0.15) is 5.60 Å². The van der Waals surface area contributed by atoms with Gasteiger partial charge >= 0.3 is 0 Å². The van der Waals surface area contributed by atoms with Crippen molar-refractivity contribution < 1.29 is 19.0 Å². The van der Waals surface area contributed by atoms with Gasteiger partial charge in [-0.2, -0.15) is 0 Å². The van der Waals surface area contributed by atoms with Crippen molar-refractivity contribution in [3.05, 3.63) is 0 Å². The topological polar surface area (TPSA) is 44.8 Å². The highest BCUT2D eigenvalue weighted by Crippen LogP contribution is 2.37. The second kappa shape index (κ2) is 4.67. The molecule has 0 aliphatic carbocycles. The van der Waals surface area contributed by atoms with Crippen LogP contribution >= 0.6 is 0 Å². The molecule has 4 nitrogen and oxygen atoms in total. The number of methoxy groups -OCH3 is 1. The minimum atomic E-state index is -0.692. The first-order chi connectivity index (χ1) is 7.99. The summed E-state index contributed by atoms with van der Waals surface area (Å²) in [6.45, 7) is 5.70. The zero-order valence-electron chi connectivity index (χ0n) is 11.0. The molecule has 0 aromatic rings. The maximum atomic E-state index is 12.4. The van der Waals surface area contributed by atoms with Crippen molar-refractivity contribution >= 4 is 5.78 Å². The Balaban J connectivity index is 2.04. The summed E-state index contributed by atoms with van der Waals surface area (Å²) in [6.07, 6.45) is 2.48. The van der Waals surface area contributed by atoms with E-state index in [9.17, 15) is 4.79 Å². The molecule has 4 heteroatoms. The Labute approximate surface area is 103 Å². The molecule has 2 fully saturated rings. The third-order valence-corrected chi connectivity index (χ3v) is 4.03. The van der Waals surface area contributed by atoms with Gasteiger partial charge in [0.25, 0.3) is 0 Å². The maximum Gasteiger partial charge on any atom is 0.167 e. The predicted molar refractivity (Wildman–Crippen MR) is 62.9 cm³/mol. The molecule has 0 bridgehead atoms. The summed E-state index contributed by atoms with van der Waals surface area (Å²) in [7, 11) is 1.59. The Hall–Kier alpha value is -0.450. The number of ketones is 1. The summed E-state index contributed by atoms with van der Waals surface area (Å²) in [5, 5.41) is 0. The van der Waals surface area contributed by atoms with Crippen LogP contribution in [0.5, 0.6) is 0 Å². The first-order valence-corrected chi connectivity index (χ1v) is 6.30. The van der Waals surface area contributed by atoms with Crippen LogP contribution in [0, 0.1) is 5.92 Å². The molecule has 2 unspecified atom stereocenters. The molecule has 0 amide bonds. The minimum absolute atomic E-state index is 0.0420. The SMILES string of the molecule is COC(C)(C)C(=O)C1CCOC2(CCOC2)C1.